The van der Waals surface area contributed by atoms with Crippen LogP contribution in [0.2, 0.25) is 0 Å². The van der Waals surface area contributed by atoms with Crippen LogP contribution in [0.1, 0.15) is 37.8 Å². The maximum Gasteiger partial charge on any atom is 0.419 e. The fraction of sp³-hybridized carbons (Fsp3) is 0.538. The van der Waals surface area contributed by atoms with Gasteiger partial charge in [-0.2, -0.15) is 13.2 Å². The maximum atomic E-state index is 13.5. The first kappa shape index (κ1) is 13.3. The first-order chi connectivity index (χ1) is 8.08. The molecule has 1 aliphatic carbocycles. The second kappa shape index (κ2) is 3.70. The van der Waals surface area contributed by atoms with Gasteiger partial charge < -0.3 is 5.11 Å². The third kappa shape index (κ3) is 2.00. The Hall–Kier alpha value is -1.10. The van der Waals surface area contributed by atoms with Crippen LogP contribution in [0.15, 0.2) is 18.2 Å². The minimum Gasteiger partial charge on any atom is -0.385 e. The standard InChI is InChI=1S/C13H14F4O/c1-11(5-6-11)12(2,18)8-3-4-9(10(14)7-8)13(15,16)17/h3-4,7,18H,5-6H2,1-2H3. The zero-order valence-electron chi connectivity index (χ0n) is 10.1. The number of rotatable bonds is 2. The monoisotopic (exact) mass is 262 g/mol. The van der Waals surface area contributed by atoms with Crippen LogP contribution in [0, 0.1) is 11.2 Å². The molecule has 0 saturated heterocycles. The first-order valence-corrected chi connectivity index (χ1v) is 5.67. The Bertz CT molecular complexity index is 472. The smallest absolute Gasteiger partial charge is 0.385 e. The summed E-state index contributed by atoms with van der Waals surface area (Å²) in [5.41, 5.74) is -2.80. The van der Waals surface area contributed by atoms with Crippen LogP contribution in [0.25, 0.3) is 0 Å². The molecule has 1 N–H and O–H groups in total. The van der Waals surface area contributed by atoms with E-state index in [4.69, 9.17) is 0 Å². The normalized spacial score (nSPS) is 21.5. The summed E-state index contributed by atoms with van der Waals surface area (Å²) in [4.78, 5) is 0. The average Bonchev–Trinajstić information content (AvgIpc) is 2.96. The summed E-state index contributed by atoms with van der Waals surface area (Å²) >= 11 is 0. The second-order valence-electron chi connectivity index (χ2n) is 5.33. The molecule has 1 saturated carbocycles. The van der Waals surface area contributed by atoms with E-state index in [9.17, 15) is 22.7 Å². The van der Waals surface area contributed by atoms with Crippen LogP contribution >= 0.6 is 0 Å². The second-order valence-corrected chi connectivity index (χ2v) is 5.33. The Labute approximate surface area is 102 Å². The van der Waals surface area contributed by atoms with Crippen molar-refractivity contribution in [2.45, 2.75) is 38.5 Å². The quantitative estimate of drug-likeness (QED) is 0.802. The van der Waals surface area contributed by atoms with E-state index in [0.29, 0.717) is 6.07 Å². The SMILES string of the molecule is CC1(C(C)(O)c2ccc(C(F)(F)F)c(F)c2)CC1. The Balaban J connectivity index is 2.41. The van der Waals surface area contributed by atoms with Crippen molar-refractivity contribution in [3.8, 4) is 0 Å². The van der Waals surface area contributed by atoms with E-state index in [-0.39, 0.29) is 11.0 Å². The number of hydrogen-bond acceptors (Lipinski definition) is 1. The highest BCUT2D eigenvalue weighted by atomic mass is 19.4. The van der Waals surface area contributed by atoms with Crippen molar-refractivity contribution >= 4 is 0 Å². The fourth-order valence-electron chi connectivity index (χ4n) is 2.07. The third-order valence-electron chi connectivity index (χ3n) is 4.01. The Morgan fingerprint density at radius 3 is 2.17 bits per heavy atom. The topological polar surface area (TPSA) is 20.2 Å². The number of halogens is 4. The van der Waals surface area contributed by atoms with Gasteiger partial charge in [0.1, 0.15) is 5.82 Å². The van der Waals surface area contributed by atoms with E-state index in [2.05, 4.69) is 0 Å². The maximum absolute atomic E-state index is 13.5. The van der Waals surface area contributed by atoms with Crippen LogP contribution < -0.4 is 0 Å². The minimum atomic E-state index is -4.71. The zero-order valence-corrected chi connectivity index (χ0v) is 10.1. The van der Waals surface area contributed by atoms with Crippen molar-refractivity contribution in [3.63, 3.8) is 0 Å². The molecular formula is C13H14F4O. The summed E-state index contributed by atoms with van der Waals surface area (Å²) in [6, 6.07) is 2.62. The molecular weight excluding hydrogens is 248 g/mol. The molecule has 1 aromatic carbocycles. The largest absolute Gasteiger partial charge is 0.419 e. The van der Waals surface area contributed by atoms with Crippen molar-refractivity contribution in [1.82, 2.24) is 0 Å². The van der Waals surface area contributed by atoms with Crippen LogP contribution in [-0.4, -0.2) is 5.11 Å². The lowest BCUT2D eigenvalue weighted by Crippen LogP contribution is -2.31. The van der Waals surface area contributed by atoms with Gasteiger partial charge in [-0.05, 0) is 37.5 Å². The van der Waals surface area contributed by atoms with Gasteiger partial charge in [0.05, 0.1) is 11.2 Å². The van der Waals surface area contributed by atoms with Gasteiger partial charge in [0, 0.05) is 5.41 Å². The van der Waals surface area contributed by atoms with Crippen LogP contribution in [0.5, 0.6) is 0 Å². The van der Waals surface area contributed by atoms with E-state index in [1.54, 1.807) is 0 Å². The highest BCUT2D eigenvalue weighted by Crippen LogP contribution is 2.57. The molecule has 1 aromatic rings. The van der Waals surface area contributed by atoms with Gasteiger partial charge in [0.25, 0.3) is 0 Å². The van der Waals surface area contributed by atoms with Crippen molar-refractivity contribution in [2.24, 2.45) is 5.41 Å². The van der Waals surface area contributed by atoms with Crippen molar-refractivity contribution in [1.29, 1.82) is 0 Å². The molecule has 0 radical (unpaired) electrons. The molecule has 1 fully saturated rings. The highest BCUT2D eigenvalue weighted by molar-refractivity contribution is 5.32. The molecule has 0 heterocycles. The Morgan fingerprint density at radius 1 is 1.22 bits per heavy atom. The van der Waals surface area contributed by atoms with E-state index in [1.807, 2.05) is 6.92 Å². The van der Waals surface area contributed by atoms with Crippen molar-refractivity contribution < 1.29 is 22.7 Å². The number of hydrogen-bond donors (Lipinski definition) is 1. The third-order valence-corrected chi connectivity index (χ3v) is 4.01. The van der Waals surface area contributed by atoms with E-state index < -0.39 is 23.2 Å². The van der Waals surface area contributed by atoms with Crippen molar-refractivity contribution in [3.05, 3.63) is 35.1 Å². The molecule has 0 aliphatic heterocycles. The van der Waals surface area contributed by atoms with Gasteiger partial charge >= 0.3 is 6.18 Å². The lowest BCUT2D eigenvalue weighted by molar-refractivity contribution is -0.140. The van der Waals surface area contributed by atoms with Gasteiger partial charge in [-0.25, -0.2) is 4.39 Å². The van der Waals surface area contributed by atoms with Gasteiger partial charge in [-0.1, -0.05) is 13.0 Å². The van der Waals surface area contributed by atoms with Crippen LogP contribution in [-0.2, 0) is 11.8 Å². The molecule has 1 nitrogen and oxygen atoms in total. The van der Waals surface area contributed by atoms with Crippen LogP contribution in [0.4, 0.5) is 17.6 Å². The summed E-state index contributed by atoms with van der Waals surface area (Å²) in [7, 11) is 0. The predicted molar refractivity (Wildman–Crippen MR) is 58.3 cm³/mol. The molecule has 0 bridgehead atoms. The van der Waals surface area contributed by atoms with Gasteiger partial charge in [-0.3, -0.25) is 0 Å². The van der Waals surface area contributed by atoms with Crippen molar-refractivity contribution in [2.75, 3.05) is 0 Å². The fourth-order valence-corrected chi connectivity index (χ4v) is 2.07. The first-order valence-electron chi connectivity index (χ1n) is 5.67. The summed E-state index contributed by atoms with van der Waals surface area (Å²) in [5.74, 6) is -1.34. The average molecular weight is 262 g/mol. The Kier molecular flexibility index (Phi) is 2.74. The van der Waals surface area contributed by atoms with E-state index >= 15 is 0 Å². The molecule has 100 valence electrons. The number of alkyl halides is 3. The highest BCUT2D eigenvalue weighted by Gasteiger charge is 2.53. The molecule has 18 heavy (non-hydrogen) atoms. The molecule has 2 rings (SSSR count). The van der Waals surface area contributed by atoms with E-state index in [1.165, 1.54) is 6.92 Å². The number of aliphatic hydroxyl groups is 1. The lowest BCUT2D eigenvalue weighted by Gasteiger charge is -2.31. The molecule has 1 unspecified atom stereocenters. The Morgan fingerprint density at radius 2 is 1.78 bits per heavy atom. The molecule has 1 atom stereocenters. The minimum absolute atomic E-state index is 0.188. The molecule has 0 spiro atoms. The molecule has 0 aromatic heterocycles. The molecule has 1 aliphatic rings. The van der Waals surface area contributed by atoms with Gasteiger partial charge in [0.15, 0.2) is 0 Å². The van der Waals surface area contributed by atoms with Gasteiger partial charge in [-0.15, -0.1) is 0 Å². The van der Waals surface area contributed by atoms with Crippen LogP contribution in [0.3, 0.4) is 0 Å². The van der Waals surface area contributed by atoms with E-state index in [0.717, 1.165) is 25.0 Å². The summed E-state index contributed by atoms with van der Waals surface area (Å²) in [6.45, 7) is 3.35. The predicted octanol–water partition coefficient (Wildman–Crippen LogP) is 3.85. The van der Waals surface area contributed by atoms with Gasteiger partial charge in [0.2, 0.25) is 0 Å². The molecule has 5 heteroatoms. The lowest BCUT2D eigenvalue weighted by atomic mass is 9.81. The molecule has 0 amide bonds. The summed E-state index contributed by atoms with van der Waals surface area (Å²) in [6.07, 6.45) is -3.15. The number of benzene rings is 1. The zero-order chi connectivity index (χ0) is 13.8. The summed E-state index contributed by atoms with van der Waals surface area (Å²) < 4.78 is 50.7. The summed E-state index contributed by atoms with van der Waals surface area (Å²) in [5, 5.41) is 10.4.